The molecule has 0 unspecified atom stereocenters. The minimum Gasteiger partial charge on any atom is -0.368 e. The van der Waals surface area contributed by atoms with Crippen molar-refractivity contribution < 1.29 is 0 Å². The van der Waals surface area contributed by atoms with Gasteiger partial charge in [0.05, 0.1) is 5.39 Å². The van der Waals surface area contributed by atoms with Crippen molar-refractivity contribution in [3.05, 3.63) is 46.8 Å². The average Bonchev–Trinajstić information content (AvgIpc) is 2.85. The fourth-order valence-electron chi connectivity index (χ4n) is 1.90. The summed E-state index contributed by atoms with van der Waals surface area (Å²) in [4.78, 5) is 9.39. The normalized spacial score (nSPS) is 10.8. The van der Waals surface area contributed by atoms with Gasteiger partial charge in [-0.25, -0.2) is 4.98 Å². The number of aryl methyl sites for hydroxylation is 1. The SMILES string of the molecule is Cc1ccc(CNc2nc(N)nc3sccc23)cc1. The number of aromatic nitrogens is 2. The van der Waals surface area contributed by atoms with Crippen LogP contribution in [0.2, 0.25) is 0 Å². The summed E-state index contributed by atoms with van der Waals surface area (Å²) in [6.45, 7) is 2.80. The van der Waals surface area contributed by atoms with Crippen molar-refractivity contribution in [1.82, 2.24) is 9.97 Å². The zero-order valence-electron chi connectivity index (χ0n) is 10.6. The van der Waals surface area contributed by atoms with Gasteiger partial charge in [-0.05, 0) is 23.9 Å². The van der Waals surface area contributed by atoms with Crippen LogP contribution in [0.15, 0.2) is 35.7 Å². The molecule has 0 radical (unpaired) electrons. The second-order valence-corrected chi connectivity index (χ2v) is 5.30. The van der Waals surface area contributed by atoms with E-state index in [1.807, 2.05) is 11.4 Å². The lowest BCUT2D eigenvalue weighted by Gasteiger charge is -2.07. The van der Waals surface area contributed by atoms with E-state index in [0.717, 1.165) is 22.6 Å². The van der Waals surface area contributed by atoms with Gasteiger partial charge >= 0.3 is 0 Å². The molecule has 0 saturated heterocycles. The predicted octanol–water partition coefficient (Wildman–Crippen LogP) is 3.19. The topological polar surface area (TPSA) is 63.8 Å². The summed E-state index contributed by atoms with van der Waals surface area (Å²) in [5, 5.41) is 6.34. The number of nitrogens with one attached hydrogen (secondary N) is 1. The molecule has 0 bridgehead atoms. The minimum atomic E-state index is 0.307. The van der Waals surface area contributed by atoms with Gasteiger partial charge in [-0.2, -0.15) is 4.98 Å². The highest BCUT2D eigenvalue weighted by molar-refractivity contribution is 7.16. The van der Waals surface area contributed by atoms with Crippen LogP contribution in [-0.2, 0) is 6.54 Å². The molecule has 0 aliphatic carbocycles. The summed E-state index contributed by atoms with van der Waals surface area (Å²) in [6, 6.07) is 10.4. The summed E-state index contributed by atoms with van der Waals surface area (Å²) in [6.07, 6.45) is 0. The molecule has 0 aliphatic rings. The third-order valence-electron chi connectivity index (χ3n) is 2.92. The predicted molar refractivity (Wildman–Crippen MR) is 80.3 cm³/mol. The standard InChI is InChI=1S/C14H14N4S/c1-9-2-4-10(5-3-9)8-16-12-11-6-7-19-13(11)18-14(15)17-12/h2-7H,8H2,1H3,(H3,15,16,17,18). The van der Waals surface area contributed by atoms with E-state index in [1.165, 1.54) is 11.1 Å². The fourth-order valence-corrected chi connectivity index (χ4v) is 2.67. The molecule has 19 heavy (non-hydrogen) atoms. The van der Waals surface area contributed by atoms with Gasteiger partial charge in [0.25, 0.3) is 0 Å². The second-order valence-electron chi connectivity index (χ2n) is 4.41. The molecule has 2 heterocycles. The number of hydrogen-bond donors (Lipinski definition) is 2. The van der Waals surface area contributed by atoms with Crippen LogP contribution >= 0.6 is 11.3 Å². The summed E-state index contributed by atoms with van der Waals surface area (Å²) < 4.78 is 0. The molecule has 5 heteroatoms. The molecule has 3 rings (SSSR count). The van der Waals surface area contributed by atoms with E-state index >= 15 is 0 Å². The quantitative estimate of drug-likeness (QED) is 0.767. The summed E-state index contributed by atoms with van der Waals surface area (Å²) in [5.41, 5.74) is 8.19. The molecule has 2 aromatic heterocycles. The number of hydrogen-bond acceptors (Lipinski definition) is 5. The van der Waals surface area contributed by atoms with E-state index in [1.54, 1.807) is 11.3 Å². The Labute approximate surface area is 115 Å². The van der Waals surface area contributed by atoms with Crippen LogP contribution in [0.3, 0.4) is 0 Å². The molecule has 3 N–H and O–H groups in total. The number of nitrogens with two attached hydrogens (primary N) is 1. The van der Waals surface area contributed by atoms with Crippen molar-refractivity contribution in [2.24, 2.45) is 0 Å². The van der Waals surface area contributed by atoms with Crippen LogP contribution in [-0.4, -0.2) is 9.97 Å². The molecular formula is C14H14N4S. The number of benzene rings is 1. The third-order valence-corrected chi connectivity index (χ3v) is 3.73. The van der Waals surface area contributed by atoms with Gasteiger partial charge < -0.3 is 11.1 Å². The fraction of sp³-hybridized carbons (Fsp3) is 0.143. The maximum Gasteiger partial charge on any atom is 0.223 e. The maximum absolute atomic E-state index is 5.72. The second kappa shape index (κ2) is 4.85. The molecule has 4 nitrogen and oxygen atoms in total. The van der Waals surface area contributed by atoms with E-state index in [-0.39, 0.29) is 0 Å². The van der Waals surface area contributed by atoms with Crippen molar-refractivity contribution in [3.63, 3.8) is 0 Å². The van der Waals surface area contributed by atoms with Crippen LogP contribution in [0.4, 0.5) is 11.8 Å². The molecule has 3 aromatic rings. The van der Waals surface area contributed by atoms with Gasteiger partial charge in [0, 0.05) is 6.54 Å². The molecular weight excluding hydrogens is 256 g/mol. The van der Waals surface area contributed by atoms with E-state index in [9.17, 15) is 0 Å². The van der Waals surface area contributed by atoms with E-state index in [2.05, 4.69) is 46.5 Å². The van der Waals surface area contributed by atoms with Gasteiger partial charge in [0.1, 0.15) is 10.6 Å². The Hall–Kier alpha value is -2.14. The van der Waals surface area contributed by atoms with Gasteiger partial charge in [-0.3, -0.25) is 0 Å². The molecule has 0 fully saturated rings. The third kappa shape index (κ3) is 2.51. The zero-order chi connectivity index (χ0) is 13.2. The van der Waals surface area contributed by atoms with Crippen LogP contribution < -0.4 is 11.1 Å². The first kappa shape index (κ1) is 11.9. The largest absolute Gasteiger partial charge is 0.368 e. The van der Waals surface area contributed by atoms with Crippen LogP contribution in [0, 0.1) is 6.92 Å². The summed E-state index contributed by atoms with van der Waals surface area (Å²) in [7, 11) is 0. The van der Waals surface area contributed by atoms with E-state index < -0.39 is 0 Å². The number of nitrogens with zero attached hydrogens (tertiary/aromatic N) is 2. The highest BCUT2D eigenvalue weighted by atomic mass is 32.1. The van der Waals surface area contributed by atoms with E-state index in [4.69, 9.17) is 5.73 Å². The number of nitrogen functional groups attached to an aromatic ring is 1. The Morgan fingerprint density at radius 1 is 1.16 bits per heavy atom. The highest BCUT2D eigenvalue weighted by Crippen LogP contribution is 2.25. The number of fused-ring (bicyclic) bond motifs is 1. The average molecular weight is 270 g/mol. The maximum atomic E-state index is 5.72. The van der Waals surface area contributed by atoms with Gasteiger partial charge in [-0.15, -0.1) is 11.3 Å². The van der Waals surface area contributed by atoms with Crippen molar-refractivity contribution in [2.75, 3.05) is 11.1 Å². The van der Waals surface area contributed by atoms with Gasteiger partial charge in [-0.1, -0.05) is 29.8 Å². The van der Waals surface area contributed by atoms with Crippen LogP contribution in [0.5, 0.6) is 0 Å². The number of anilines is 2. The lowest BCUT2D eigenvalue weighted by Crippen LogP contribution is -2.04. The summed E-state index contributed by atoms with van der Waals surface area (Å²) in [5.74, 6) is 1.10. The monoisotopic (exact) mass is 270 g/mol. The lowest BCUT2D eigenvalue weighted by atomic mass is 10.1. The Balaban J connectivity index is 1.85. The highest BCUT2D eigenvalue weighted by Gasteiger charge is 2.06. The van der Waals surface area contributed by atoms with Crippen molar-refractivity contribution in [3.8, 4) is 0 Å². The Bertz CT molecular complexity index is 703. The number of thiophene rings is 1. The first-order valence-corrected chi connectivity index (χ1v) is 6.90. The van der Waals surface area contributed by atoms with Gasteiger partial charge in [0.15, 0.2) is 0 Å². The van der Waals surface area contributed by atoms with Crippen molar-refractivity contribution in [1.29, 1.82) is 0 Å². The Kier molecular flexibility index (Phi) is 3.05. The van der Waals surface area contributed by atoms with Crippen LogP contribution in [0.25, 0.3) is 10.2 Å². The lowest BCUT2D eigenvalue weighted by molar-refractivity contribution is 1.11. The molecule has 96 valence electrons. The van der Waals surface area contributed by atoms with Crippen molar-refractivity contribution in [2.45, 2.75) is 13.5 Å². The first-order chi connectivity index (χ1) is 9.22. The Morgan fingerprint density at radius 2 is 1.95 bits per heavy atom. The molecule has 0 saturated carbocycles. The van der Waals surface area contributed by atoms with E-state index in [0.29, 0.717) is 5.95 Å². The Morgan fingerprint density at radius 3 is 2.74 bits per heavy atom. The van der Waals surface area contributed by atoms with Crippen LogP contribution in [0.1, 0.15) is 11.1 Å². The minimum absolute atomic E-state index is 0.307. The molecule has 0 aliphatic heterocycles. The molecule has 1 aromatic carbocycles. The molecule has 0 atom stereocenters. The molecule has 0 amide bonds. The number of rotatable bonds is 3. The smallest absolute Gasteiger partial charge is 0.223 e. The summed E-state index contributed by atoms with van der Waals surface area (Å²) >= 11 is 1.57. The van der Waals surface area contributed by atoms with Crippen molar-refractivity contribution >= 4 is 33.3 Å². The zero-order valence-corrected chi connectivity index (χ0v) is 11.4. The van der Waals surface area contributed by atoms with Gasteiger partial charge in [0.2, 0.25) is 5.95 Å². The first-order valence-electron chi connectivity index (χ1n) is 6.02. The molecule has 0 spiro atoms.